The van der Waals surface area contributed by atoms with Crippen LogP contribution in [0.25, 0.3) is 0 Å². The Balaban J connectivity index is 1.74. The van der Waals surface area contributed by atoms with Gasteiger partial charge in [-0.1, -0.05) is 24.4 Å². The van der Waals surface area contributed by atoms with Crippen LogP contribution in [0.1, 0.15) is 49.0 Å². The lowest BCUT2D eigenvalue weighted by atomic mass is 9.91. The van der Waals surface area contributed by atoms with Gasteiger partial charge in [0.15, 0.2) is 34.4 Å². The average molecular weight is 468 g/mol. The zero-order valence-electron chi connectivity index (χ0n) is 18.3. The molecule has 0 unspecified atom stereocenters. The Morgan fingerprint density at radius 2 is 1.81 bits per heavy atom. The number of nitrogen functional groups attached to an aromatic ring is 2. The predicted octanol–water partition coefficient (Wildman–Crippen LogP) is 0.176. The quantitative estimate of drug-likeness (QED) is 0.157. The van der Waals surface area contributed by atoms with Crippen LogP contribution >= 0.6 is 11.6 Å². The summed E-state index contributed by atoms with van der Waals surface area (Å²) in [5.74, 6) is -0.398. The Morgan fingerprint density at radius 1 is 1.12 bits per heavy atom. The number of hydrogen-bond donors (Lipinski definition) is 6. The van der Waals surface area contributed by atoms with Gasteiger partial charge in [-0.25, -0.2) is 9.97 Å². The van der Waals surface area contributed by atoms with Gasteiger partial charge in [-0.2, -0.15) is 0 Å². The molecule has 0 aromatic carbocycles. The Labute approximate surface area is 193 Å². The highest BCUT2D eigenvalue weighted by atomic mass is 35.5. The van der Waals surface area contributed by atoms with Gasteiger partial charge in [0.2, 0.25) is 0 Å². The van der Waals surface area contributed by atoms with E-state index in [1.54, 1.807) is 0 Å². The number of anilines is 2. The van der Waals surface area contributed by atoms with Crippen molar-refractivity contribution in [2.75, 3.05) is 44.2 Å². The van der Waals surface area contributed by atoms with Crippen molar-refractivity contribution in [2.24, 2.45) is 28.1 Å². The highest BCUT2D eigenvalue weighted by molar-refractivity contribution is 6.31. The molecule has 12 nitrogen and oxygen atoms in total. The molecule has 0 spiro atoms. The summed E-state index contributed by atoms with van der Waals surface area (Å²) < 4.78 is 0. The van der Waals surface area contributed by atoms with Crippen LogP contribution < -0.4 is 28.7 Å². The number of guanidine groups is 2. The van der Waals surface area contributed by atoms with E-state index in [1.165, 1.54) is 0 Å². The fourth-order valence-electron chi connectivity index (χ4n) is 3.76. The zero-order valence-corrected chi connectivity index (χ0v) is 19.0. The molecule has 1 aromatic rings. The summed E-state index contributed by atoms with van der Waals surface area (Å²) in [6, 6.07) is 0. The topological polar surface area (TPSA) is 216 Å². The zero-order chi connectivity index (χ0) is 23.7. The molecule has 0 bridgehead atoms. The van der Waals surface area contributed by atoms with E-state index >= 15 is 0 Å². The summed E-state index contributed by atoms with van der Waals surface area (Å²) in [6.45, 7) is 4.09. The lowest BCUT2D eigenvalue weighted by molar-refractivity contribution is 0.0837. The number of carbonyl (C=O) groups is 1. The third-order valence-corrected chi connectivity index (χ3v) is 5.80. The van der Waals surface area contributed by atoms with E-state index in [-0.39, 0.29) is 34.4 Å². The van der Waals surface area contributed by atoms with Crippen LogP contribution in [0.2, 0.25) is 5.15 Å². The summed E-state index contributed by atoms with van der Waals surface area (Å²) in [4.78, 5) is 28.0. The molecule has 1 aliphatic rings. The number of carbonyl (C=O) groups excluding carboxylic acids is 1. The third-order valence-electron chi connectivity index (χ3n) is 5.52. The van der Waals surface area contributed by atoms with Crippen LogP contribution in [0.15, 0.2) is 4.99 Å². The van der Waals surface area contributed by atoms with Crippen molar-refractivity contribution in [3.8, 4) is 0 Å². The predicted molar refractivity (Wildman–Crippen MR) is 127 cm³/mol. The SMILES string of the molecule is N=C(N)N(CCCCC1CCN(CCCN=C(N)N)CC1)C(=O)c1nc(Cl)c(N)nc1N. The molecule has 0 aliphatic carbocycles. The van der Waals surface area contributed by atoms with Gasteiger partial charge in [-0.15, -0.1) is 0 Å². The number of piperidine rings is 1. The van der Waals surface area contributed by atoms with Gasteiger partial charge in [0.05, 0.1) is 0 Å². The maximum Gasteiger partial charge on any atom is 0.283 e. The third kappa shape index (κ3) is 7.68. The standard InChI is InChI=1S/C19H34ClN11O/c20-14-16(22)29-15(21)13(28-14)17(32)31(19(25)26)9-2-1-4-12-5-10-30(11-6-12)8-3-7-27-18(23)24/h12H,1-11H2,(H3,25,26)(H4,21,22,29)(H4,23,24,27). The van der Waals surface area contributed by atoms with Gasteiger partial charge in [-0.05, 0) is 51.2 Å². The second-order valence-corrected chi connectivity index (χ2v) is 8.27. The van der Waals surface area contributed by atoms with Crippen molar-refractivity contribution in [3.63, 3.8) is 0 Å². The molecule has 0 radical (unpaired) electrons. The smallest absolute Gasteiger partial charge is 0.283 e. The van der Waals surface area contributed by atoms with E-state index < -0.39 is 5.91 Å². The Bertz CT molecular complexity index is 820. The number of aromatic nitrogens is 2. The lowest BCUT2D eigenvalue weighted by Gasteiger charge is -2.32. The average Bonchev–Trinajstić information content (AvgIpc) is 2.74. The van der Waals surface area contributed by atoms with Gasteiger partial charge in [0.25, 0.3) is 5.91 Å². The molecule has 13 heteroatoms. The summed E-state index contributed by atoms with van der Waals surface area (Å²) >= 11 is 5.86. The molecule has 1 fully saturated rings. The van der Waals surface area contributed by atoms with E-state index in [0.29, 0.717) is 25.4 Å². The first-order valence-electron chi connectivity index (χ1n) is 10.7. The summed E-state index contributed by atoms with van der Waals surface area (Å²) in [7, 11) is 0. The number of amides is 1. The molecule has 1 aliphatic heterocycles. The van der Waals surface area contributed by atoms with Gasteiger partial charge in [0, 0.05) is 13.1 Å². The molecule has 1 saturated heterocycles. The molecule has 0 saturated carbocycles. The minimum atomic E-state index is -0.613. The number of likely N-dealkylation sites (tertiary alicyclic amines) is 1. The molecule has 2 rings (SSSR count). The first-order valence-corrected chi connectivity index (χ1v) is 11.1. The number of nitrogens with one attached hydrogen (secondary N) is 1. The number of aliphatic imine (C=N–C) groups is 1. The van der Waals surface area contributed by atoms with E-state index in [1.807, 2.05) is 0 Å². The van der Waals surface area contributed by atoms with Gasteiger partial charge in [0.1, 0.15) is 0 Å². The van der Waals surface area contributed by atoms with E-state index in [0.717, 1.165) is 56.6 Å². The second kappa shape index (κ2) is 12.2. The first kappa shape index (κ1) is 25.4. The molecule has 178 valence electrons. The number of hydrogen-bond acceptors (Lipinski definition) is 8. The molecular formula is C19H34ClN11O. The maximum absolute atomic E-state index is 12.7. The Kier molecular flexibility index (Phi) is 9.72. The van der Waals surface area contributed by atoms with Crippen LogP contribution in [0.3, 0.4) is 0 Å². The van der Waals surface area contributed by atoms with Crippen molar-refractivity contribution in [2.45, 2.75) is 38.5 Å². The molecular weight excluding hydrogens is 434 g/mol. The molecule has 32 heavy (non-hydrogen) atoms. The normalized spacial score (nSPS) is 14.8. The number of halogens is 1. The Morgan fingerprint density at radius 3 is 2.44 bits per heavy atom. The molecule has 11 N–H and O–H groups in total. The number of rotatable bonds is 10. The Hall–Kier alpha value is -2.86. The lowest BCUT2D eigenvalue weighted by Crippen LogP contribution is -2.42. The monoisotopic (exact) mass is 467 g/mol. The number of unbranched alkanes of at least 4 members (excludes halogenated alkanes) is 1. The maximum atomic E-state index is 12.7. The highest BCUT2D eigenvalue weighted by Gasteiger charge is 2.24. The van der Waals surface area contributed by atoms with Crippen LogP contribution in [0.5, 0.6) is 0 Å². The van der Waals surface area contributed by atoms with Crippen LogP contribution in [0, 0.1) is 11.3 Å². The van der Waals surface area contributed by atoms with Crippen molar-refractivity contribution in [3.05, 3.63) is 10.8 Å². The minimum Gasteiger partial charge on any atom is -0.382 e. The van der Waals surface area contributed by atoms with Crippen LogP contribution in [0.4, 0.5) is 11.6 Å². The summed E-state index contributed by atoms with van der Waals surface area (Å²) in [6.07, 6.45) is 5.94. The van der Waals surface area contributed by atoms with Gasteiger partial charge in [-0.3, -0.25) is 20.1 Å². The van der Waals surface area contributed by atoms with E-state index in [2.05, 4.69) is 19.9 Å². The van der Waals surface area contributed by atoms with Gasteiger partial charge >= 0.3 is 0 Å². The van der Waals surface area contributed by atoms with Gasteiger partial charge < -0.3 is 33.6 Å². The van der Waals surface area contributed by atoms with Crippen molar-refractivity contribution in [1.29, 1.82) is 5.41 Å². The summed E-state index contributed by atoms with van der Waals surface area (Å²) in [5.41, 5.74) is 27.4. The number of nitrogens with two attached hydrogens (primary N) is 5. The van der Waals surface area contributed by atoms with Crippen molar-refractivity contribution < 1.29 is 4.79 Å². The first-order chi connectivity index (χ1) is 15.2. The fourth-order valence-corrected chi connectivity index (χ4v) is 3.89. The second-order valence-electron chi connectivity index (χ2n) is 7.92. The highest BCUT2D eigenvalue weighted by Crippen LogP contribution is 2.23. The van der Waals surface area contributed by atoms with Crippen LogP contribution in [-0.2, 0) is 0 Å². The van der Waals surface area contributed by atoms with E-state index in [9.17, 15) is 4.79 Å². The molecule has 0 atom stereocenters. The van der Waals surface area contributed by atoms with E-state index in [4.69, 9.17) is 45.7 Å². The molecule has 1 amide bonds. The summed E-state index contributed by atoms with van der Waals surface area (Å²) in [5, 5.41) is 7.64. The van der Waals surface area contributed by atoms with Crippen molar-refractivity contribution >= 4 is 41.1 Å². The molecule has 1 aromatic heterocycles. The number of nitrogens with zero attached hydrogens (tertiary/aromatic N) is 5. The van der Waals surface area contributed by atoms with Crippen molar-refractivity contribution in [1.82, 2.24) is 19.8 Å². The van der Waals surface area contributed by atoms with Crippen LogP contribution in [-0.4, -0.2) is 70.3 Å². The molecule has 2 heterocycles. The largest absolute Gasteiger partial charge is 0.382 e. The fraction of sp³-hybridized carbons (Fsp3) is 0.632. The minimum absolute atomic E-state index is 0.0603.